The number of hydrogen-bond donors (Lipinski definition) is 1. The number of carbonyl (C=O) groups is 2. The van der Waals surface area contributed by atoms with Crippen molar-refractivity contribution in [1.29, 1.82) is 0 Å². The summed E-state index contributed by atoms with van der Waals surface area (Å²) in [4.78, 5) is 30.1. The molecule has 4 aromatic rings. The molecule has 11 heteroatoms. The minimum Gasteiger partial charge on any atom is -0.352 e. The van der Waals surface area contributed by atoms with Gasteiger partial charge in [-0.3, -0.25) is 13.9 Å². The fraction of sp³-hybridized carbons (Fsp3) is 0.257. The van der Waals surface area contributed by atoms with Crippen LogP contribution in [0.5, 0.6) is 0 Å². The molecule has 0 spiro atoms. The van der Waals surface area contributed by atoms with E-state index in [0.29, 0.717) is 15.6 Å². The van der Waals surface area contributed by atoms with Crippen molar-refractivity contribution in [2.75, 3.05) is 10.8 Å². The van der Waals surface area contributed by atoms with E-state index < -0.39 is 28.5 Å². The molecule has 46 heavy (non-hydrogen) atoms. The fourth-order valence-electron chi connectivity index (χ4n) is 5.65. The summed E-state index contributed by atoms with van der Waals surface area (Å²) >= 11 is 19.3. The lowest BCUT2D eigenvalue weighted by Crippen LogP contribution is -2.54. The van der Waals surface area contributed by atoms with Crippen molar-refractivity contribution in [3.05, 3.63) is 129 Å². The van der Waals surface area contributed by atoms with Crippen molar-refractivity contribution in [2.24, 2.45) is 0 Å². The molecule has 0 aliphatic heterocycles. The molecule has 5 rings (SSSR count). The molecule has 0 bridgehead atoms. The molecule has 1 N–H and O–H groups in total. The summed E-state index contributed by atoms with van der Waals surface area (Å²) in [5.74, 6) is -0.911. The Morgan fingerprint density at radius 2 is 1.43 bits per heavy atom. The number of carbonyl (C=O) groups excluding carboxylic acids is 2. The van der Waals surface area contributed by atoms with Crippen LogP contribution in [0.1, 0.15) is 36.8 Å². The summed E-state index contributed by atoms with van der Waals surface area (Å²) in [6.45, 7) is -0.660. The average molecular weight is 699 g/mol. The molecule has 0 heterocycles. The van der Waals surface area contributed by atoms with E-state index in [2.05, 4.69) is 5.32 Å². The van der Waals surface area contributed by atoms with Crippen molar-refractivity contribution in [3.63, 3.8) is 0 Å². The second-order valence-corrected chi connectivity index (χ2v) is 14.3. The van der Waals surface area contributed by atoms with Gasteiger partial charge in [0.05, 0.1) is 15.6 Å². The summed E-state index contributed by atoms with van der Waals surface area (Å²) in [6, 6.07) is 27.7. The van der Waals surface area contributed by atoms with Gasteiger partial charge in [-0.15, -0.1) is 0 Å². The molecule has 0 radical (unpaired) electrons. The maximum absolute atomic E-state index is 14.6. The number of benzene rings is 4. The summed E-state index contributed by atoms with van der Waals surface area (Å²) in [5.41, 5.74) is 1.54. The lowest BCUT2D eigenvalue weighted by Gasteiger charge is -2.34. The van der Waals surface area contributed by atoms with E-state index in [1.807, 2.05) is 30.3 Å². The number of amides is 2. The molecule has 1 aliphatic carbocycles. The standard InChI is InChI=1S/C35H34Cl3N3O4S/c36-27-19-20-32(31(38)22-27)41(46(44,45)29-16-5-2-6-17-29)24-34(42)40(23-26-13-7-10-18-30(26)37)33(21-25-11-3-1-4-12-25)35(43)39-28-14-8-9-15-28/h1-7,10-13,16-20,22,28,33H,8-9,14-15,21,23-24H2,(H,39,43)/t33-/m1/s1. The average Bonchev–Trinajstić information content (AvgIpc) is 3.56. The Hall–Kier alpha value is -3.56. The molecule has 2 amide bonds. The lowest BCUT2D eigenvalue weighted by atomic mass is 10.0. The molecule has 240 valence electrons. The van der Waals surface area contributed by atoms with E-state index >= 15 is 0 Å². The normalized spacial score (nSPS) is 14.1. The largest absolute Gasteiger partial charge is 0.352 e. The van der Waals surface area contributed by atoms with Gasteiger partial charge >= 0.3 is 0 Å². The molecule has 4 aromatic carbocycles. The van der Waals surface area contributed by atoms with E-state index in [-0.39, 0.29) is 40.5 Å². The third-order valence-electron chi connectivity index (χ3n) is 8.06. The Morgan fingerprint density at radius 3 is 2.09 bits per heavy atom. The van der Waals surface area contributed by atoms with Gasteiger partial charge in [0.15, 0.2) is 0 Å². The Morgan fingerprint density at radius 1 is 0.804 bits per heavy atom. The van der Waals surface area contributed by atoms with Gasteiger partial charge < -0.3 is 10.2 Å². The Labute approximate surface area is 285 Å². The first kappa shape index (κ1) is 33.8. The van der Waals surface area contributed by atoms with Gasteiger partial charge in [-0.2, -0.15) is 0 Å². The number of sulfonamides is 1. The smallest absolute Gasteiger partial charge is 0.264 e. The SMILES string of the molecule is O=C(NC1CCCC1)[C@@H](Cc1ccccc1)N(Cc1ccccc1Cl)C(=O)CN(c1ccc(Cl)cc1Cl)S(=O)(=O)c1ccccc1. The number of nitrogens with zero attached hydrogens (tertiary/aromatic N) is 2. The van der Waals surface area contributed by atoms with Crippen LogP contribution in [0.4, 0.5) is 5.69 Å². The van der Waals surface area contributed by atoms with Crippen LogP contribution in [0, 0.1) is 0 Å². The first-order valence-electron chi connectivity index (χ1n) is 15.0. The van der Waals surface area contributed by atoms with Gasteiger partial charge in [0.1, 0.15) is 12.6 Å². The van der Waals surface area contributed by atoms with Crippen LogP contribution in [0.15, 0.2) is 108 Å². The van der Waals surface area contributed by atoms with Crippen LogP contribution in [-0.4, -0.2) is 43.8 Å². The molecule has 0 aromatic heterocycles. The molecular formula is C35H34Cl3N3O4S. The van der Waals surface area contributed by atoms with Crippen LogP contribution in [0.2, 0.25) is 15.1 Å². The first-order chi connectivity index (χ1) is 22.1. The summed E-state index contributed by atoms with van der Waals surface area (Å²) in [5, 5.41) is 3.94. The van der Waals surface area contributed by atoms with Crippen LogP contribution in [-0.2, 0) is 32.6 Å². The predicted octanol–water partition coefficient (Wildman–Crippen LogP) is 7.54. The number of nitrogens with one attached hydrogen (secondary N) is 1. The number of anilines is 1. The zero-order valence-corrected chi connectivity index (χ0v) is 28.1. The lowest BCUT2D eigenvalue weighted by molar-refractivity contribution is -0.140. The maximum Gasteiger partial charge on any atom is 0.264 e. The van der Waals surface area contributed by atoms with Crippen LogP contribution in [0.3, 0.4) is 0 Å². The number of hydrogen-bond acceptors (Lipinski definition) is 4. The fourth-order valence-corrected chi connectivity index (χ4v) is 7.86. The highest BCUT2D eigenvalue weighted by molar-refractivity contribution is 7.92. The summed E-state index contributed by atoms with van der Waals surface area (Å²) in [6.07, 6.45) is 3.97. The van der Waals surface area contributed by atoms with Crippen molar-refractivity contribution < 1.29 is 18.0 Å². The monoisotopic (exact) mass is 697 g/mol. The highest BCUT2D eigenvalue weighted by Crippen LogP contribution is 2.33. The van der Waals surface area contributed by atoms with Gasteiger partial charge in [0.25, 0.3) is 10.0 Å². The number of rotatable bonds is 12. The maximum atomic E-state index is 14.6. The van der Waals surface area contributed by atoms with Crippen molar-refractivity contribution in [2.45, 2.75) is 55.6 Å². The molecule has 0 unspecified atom stereocenters. The third-order valence-corrected chi connectivity index (χ3v) is 10.7. The van der Waals surface area contributed by atoms with Crippen molar-refractivity contribution in [1.82, 2.24) is 10.2 Å². The quantitative estimate of drug-likeness (QED) is 0.166. The van der Waals surface area contributed by atoms with E-state index in [0.717, 1.165) is 35.6 Å². The molecule has 7 nitrogen and oxygen atoms in total. The van der Waals surface area contributed by atoms with Gasteiger partial charge in [-0.25, -0.2) is 8.42 Å². The Bertz CT molecular complexity index is 1770. The minimum atomic E-state index is -4.29. The van der Waals surface area contributed by atoms with Gasteiger partial charge in [0.2, 0.25) is 11.8 Å². The van der Waals surface area contributed by atoms with Crippen LogP contribution in [0.25, 0.3) is 0 Å². The third kappa shape index (κ3) is 8.23. The second-order valence-electron chi connectivity index (χ2n) is 11.2. The van der Waals surface area contributed by atoms with Crippen molar-refractivity contribution >= 4 is 62.3 Å². The Balaban J connectivity index is 1.59. The highest BCUT2D eigenvalue weighted by atomic mass is 35.5. The molecule has 1 aliphatic rings. The van der Waals surface area contributed by atoms with Crippen molar-refractivity contribution in [3.8, 4) is 0 Å². The van der Waals surface area contributed by atoms with E-state index in [1.165, 1.54) is 35.2 Å². The zero-order chi connectivity index (χ0) is 32.7. The Kier molecular flexibility index (Phi) is 11.3. The van der Waals surface area contributed by atoms with Gasteiger partial charge in [-0.1, -0.05) is 114 Å². The van der Waals surface area contributed by atoms with Crippen LogP contribution < -0.4 is 9.62 Å². The zero-order valence-electron chi connectivity index (χ0n) is 25.0. The van der Waals surface area contributed by atoms with E-state index in [9.17, 15) is 18.0 Å². The summed E-state index contributed by atoms with van der Waals surface area (Å²) in [7, 11) is -4.29. The van der Waals surface area contributed by atoms with Gasteiger partial charge in [-0.05, 0) is 60.4 Å². The topological polar surface area (TPSA) is 86.8 Å². The predicted molar refractivity (Wildman–Crippen MR) is 184 cm³/mol. The molecule has 1 saturated carbocycles. The molecule has 0 saturated heterocycles. The first-order valence-corrected chi connectivity index (χ1v) is 17.6. The molecule has 1 fully saturated rings. The second kappa shape index (κ2) is 15.4. The summed E-state index contributed by atoms with van der Waals surface area (Å²) < 4.78 is 29.2. The molecule has 1 atom stereocenters. The highest BCUT2D eigenvalue weighted by Gasteiger charge is 2.36. The number of halogens is 3. The van der Waals surface area contributed by atoms with Gasteiger partial charge in [0, 0.05) is 29.1 Å². The van der Waals surface area contributed by atoms with E-state index in [1.54, 1.807) is 42.5 Å². The molecular weight excluding hydrogens is 665 g/mol. The van der Waals surface area contributed by atoms with Crippen LogP contribution >= 0.6 is 34.8 Å². The van der Waals surface area contributed by atoms with E-state index in [4.69, 9.17) is 34.8 Å². The minimum absolute atomic E-state index is 0.00543.